The summed E-state index contributed by atoms with van der Waals surface area (Å²) in [6, 6.07) is 16.0. The van der Waals surface area contributed by atoms with Gasteiger partial charge in [-0.3, -0.25) is 4.79 Å². The Bertz CT molecular complexity index is 1340. The molecule has 6 heteroatoms. The van der Waals surface area contributed by atoms with E-state index in [4.69, 9.17) is 18.9 Å². The molecular formula is C28H24O6. The summed E-state index contributed by atoms with van der Waals surface area (Å²) >= 11 is 0. The van der Waals surface area contributed by atoms with Crippen LogP contribution in [0.1, 0.15) is 58.2 Å². The first-order valence-corrected chi connectivity index (χ1v) is 11.0. The molecule has 0 amide bonds. The molecule has 34 heavy (non-hydrogen) atoms. The minimum Gasteiger partial charge on any atom is -0.454 e. The van der Waals surface area contributed by atoms with E-state index in [2.05, 4.69) is 20.8 Å². The largest absolute Gasteiger partial charge is 0.454 e. The topological polar surface area (TPSA) is 71.1 Å². The van der Waals surface area contributed by atoms with Crippen LogP contribution in [-0.4, -0.2) is 18.5 Å². The predicted molar refractivity (Wildman–Crippen MR) is 127 cm³/mol. The molecule has 0 saturated heterocycles. The molecule has 5 rings (SSSR count). The zero-order chi connectivity index (χ0) is 24.0. The van der Waals surface area contributed by atoms with Crippen molar-refractivity contribution in [3.63, 3.8) is 0 Å². The van der Waals surface area contributed by atoms with Gasteiger partial charge in [0.05, 0.1) is 11.1 Å². The number of hydrogen-bond acceptors (Lipinski definition) is 6. The van der Waals surface area contributed by atoms with Crippen LogP contribution in [0.4, 0.5) is 0 Å². The van der Waals surface area contributed by atoms with E-state index >= 15 is 0 Å². The summed E-state index contributed by atoms with van der Waals surface area (Å²) in [4.78, 5) is 25.6. The maximum atomic E-state index is 12.9. The van der Waals surface area contributed by atoms with Crippen LogP contribution in [-0.2, 0) is 5.41 Å². The molecule has 0 radical (unpaired) electrons. The molecular weight excluding hydrogens is 432 g/mol. The zero-order valence-electron chi connectivity index (χ0n) is 19.4. The van der Waals surface area contributed by atoms with Gasteiger partial charge in [-0.05, 0) is 65.9 Å². The molecule has 0 spiro atoms. The van der Waals surface area contributed by atoms with E-state index in [0.717, 1.165) is 11.1 Å². The number of Topliss-reactive ketones (excluding diaryl/α,β-unsaturated/α-hetero) is 1. The van der Waals surface area contributed by atoms with E-state index < -0.39 is 5.97 Å². The molecule has 0 saturated carbocycles. The molecule has 2 aliphatic rings. The third kappa shape index (κ3) is 3.92. The smallest absolute Gasteiger partial charge is 0.343 e. The highest BCUT2D eigenvalue weighted by Gasteiger charge is 2.31. The molecule has 0 N–H and O–H groups in total. The first-order valence-electron chi connectivity index (χ1n) is 11.0. The van der Waals surface area contributed by atoms with Crippen molar-refractivity contribution in [1.82, 2.24) is 0 Å². The standard InChI is InChI=1S/C28H24O6/c1-16-21(34-27(30)18-6-8-19(9-7-18)28(2,3)4)12-10-20-25(29)24(33-26(16)20)14-17-5-11-22-23(13-17)32-15-31-22/h5-14H,15H2,1-4H3/b24-14-. The predicted octanol–water partition coefficient (Wildman–Crippen LogP) is 5.86. The highest BCUT2D eigenvalue weighted by atomic mass is 16.7. The van der Waals surface area contributed by atoms with Crippen molar-refractivity contribution in [1.29, 1.82) is 0 Å². The van der Waals surface area contributed by atoms with E-state index in [9.17, 15) is 9.59 Å². The van der Waals surface area contributed by atoms with Crippen LogP contribution >= 0.6 is 0 Å². The van der Waals surface area contributed by atoms with Crippen molar-refractivity contribution in [3.8, 4) is 23.0 Å². The van der Waals surface area contributed by atoms with Gasteiger partial charge < -0.3 is 18.9 Å². The summed E-state index contributed by atoms with van der Waals surface area (Å²) in [5.41, 5.74) is 3.34. The molecule has 3 aromatic rings. The number of allylic oxidation sites excluding steroid dienone is 1. The van der Waals surface area contributed by atoms with Crippen molar-refractivity contribution >= 4 is 17.8 Å². The lowest BCUT2D eigenvalue weighted by Crippen LogP contribution is -2.13. The van der Waals surface area contributed by atoms with Crippen molar-refractivity contribution in [2.45, 2.75) is 33.1 Å². The summed E-state index contributed by atoms with van der Waals surface area (Å²) in [6.45, 7) is 8.29. The van der Waals surface area contributed by atoms with Crippen LogP contribution < -0.4 is 18.9 Å². The summed E-state index contributed by atoms with van der Waals surface area (Å²) in [7, 11) is 0. The minimum absolute atomic E-state index is 0.00525. The fourth-order valence-electron chi connectivity index (χ4n) is 3.90. The molecule has 3 aromatic carbocycles. The molecule has 0 unspecified atom stereocenters. The Labute approximate surface area is 197 Å². The van der Waals surface area contributed by atoms with Crippen molar-refractivity contribution in [2.24, 2.45) is 0 Å². The van der Waals surface area contributed by atoms with Gasteiger partial charge in [-0.25, -0.2) is 4.79 Å². The van der Waals surface area contributed by atoms with Gasteiger partial charge in [0.2, 0.25) is 12.6 Å². The highest BCUT2D eigenvalue weighted by molar-refractivity contribution is 6.15. The highest BCUT2D eigenvalue weighted by Crippen LogP contribution is 2.40. The Hall–Kier alpha value is -4.06. The number of fused-ring (bicyclic) bond motifs is 2. The van der Waals surface area contributed by atoms with Crippen molar-refractivity contribution in [2.75, 3.05) is 6.79 Å². The monoisotopic (exact) mass is 456 g/mol. The van der Waals surface area contributed by atoms with Crippen LogP contribution in [0.2, 0.25) is 0 Å². The third-order valence-electron chi connectivity index (χ3n) is 5.92. The molecule has 2 heterocycles. The van der Waals surface area contributed by atoms with E-state index in [1.54, 1.807) is 49.4 Å². The quantitative estimate of drug-likeness (QED) is 0.279. The van der Waals surface area contributed by atoms with Gasteiger partial charge in [0.1, 0.15) is 11.5 Å². The number of benzene rings is 3. The number of rotatable bonds is 3. The average molecular weight is 456 g/mol. The zero-order valence-corrected chi connectivity index (χ0v) is 19.4. The Morgan fingerprint density at radius 2 is 1.71 bits per heavy atom. The van der Waals surface area contributed by atoms with Crippen molar-refractivity contribution in [3.05, 3.63) is 88.2 Å². The van der Waals surface area contributed by atoms with Crippen LogP contribution in [0, 0.1) is 6.92 Å². The molecule has 2 aliphatic heterocycles. The summed E-state index contributed by atoms with van der Waals surface area (Å²) in [6.07, 6.45) is 1.66. The van der Waals surface area contributed by atoms with Crippen molar-refractivity contribution < 1.29 is 28.5 Å². The van der Waals surface area contributed by atoms with E-state index in [-0.39, 0.29) is 23.8 Å². The molecule has 6 nitrogen and oxygen atoms in total. The molecule has 172 valence electrons. The number of ketones is 1. The molecule has 0 fully saturated rings. The van der Waals surface area contributed by atoms with Gasteiger partial charge in [-0.2, -0.15) is 0 Å². The molecule has 0 bridgehead atoms. The van der Waals surface area contributed by atoms with Gasteiger partial charge in [-0.1, -0.05) is 39.0 Å². The lowest BCUT2D eigenvalue weighted by molar-refractivity contribution is 0.0733. The number of carbonyl (C=O) groups excluding carboxylic acids is 2. The molecule has 0 aromatic heterocycles. The second-order valence-electron chi connectivity index (χ2n) is 9.33. The lowest BCUT2D eigenvalue weighted by Gasteiger charge is -2.19. The normalized spacial score (nSPS) is 15.3. The molecule has 0 aliphatic carbocycles. The first kappa shape index (κ1) is 21.8. The second-order valence-corrected chi connectivity index (χ2v) is 9.33. The Balaban J connectivity index is 1.37. The van der Waals surface area contributed by atoms with Gasteiger partial charge in [-0.15, -0.1) is 0 Å². The maximum absolute atomic E-state index is 12.9. The fraction of sp³-hybridized carbons (Fsp3) is 0.214. The van der Waals surface area contributed by atoms with Gasteiger partial charge >= 0.3 is 5.97 Å². The van der Waals surface area contributed by atoms with E-state index in [0.29, 0.717) is 39.7 Å². The number of carbonyl (C=O) groups is 2. The Kier molecular flexibility index (Phi) is 5.16. The number of esters is 1. The maximum Gasteiger partial charge on any atom is 0.343 e. The van der Waals surface area contributed by atoms with Crippen LogP contribution in [0.25, 0.3) is 6.08 Å². The van der Waals surface area contributed by atoms with Crippen LogP contribution in [0.3, 0.4) is 0 Å². The van der Waals surface area contributed by atoms with Gasteiger partial charge in [0, 0.05) is 5.56 Å². The summed E-state index contributed by atoms with van der Waals surface area (Å²) in [5, 5.41) is 0. The fourth-order valence-corrected chi connectivity index (χ4v) is 3.90. The SMILES string of the molecule is Cc1c(OC(=O)c2ccc(C(C)(C)C)cc2)ccc2c1O/C(=C\c1ccc3c(c1)OCO3)C2=O. The third-order valence-corrected chi connectivity index (χ3v) is 5.92. The average Bonchev–Trinajstić information content (AvgIpc) is 3.40. The first-order chi connectivity index (χ1) is 16.2. The van der Waals surface area contributed by atoms with Crippen LogP contribution in [0.15, 0.2) is 60.4 Å². The van der Waals surface area contributed by atoms with Crippen LogP contribution in [0.5, 0.6) is 23.0 Å². The Morgan fingerprint density at radius 3 is 2.44 bits per heavy atom. The van der Waals surface area contributed by atoms with Gasteiger partial charge in [0.15, 0.2) is 17.3 Å². The molecule has 0 atom stereocenters. The lowest BCUT2D eigenvalue weighted by atomic mass is 9.87. The summed E-state index contributed by atoms with van der Waals surface area (Å²) < 4.78 is 22.3. The van der Waals surface area contributed by atoms with E-state index in [1.807, 2.05) is 18.2 Å². The second kappa shape index (κ2) is 8.06. The number of hydrogen-bond donors (Lipinski definition) is 0. The van der Waals surface area contributed by atoms with Gasteiger partial charge in [0.25, 0.3) is 0 Å². The number of ether oxygens (including phenoxy) is 4. The van der Waals surface area contributed by atoms with E-state index in [1.165, 1.54) is 0 Å². The Morgan fingerprint density at radius 1 is 0.971 bits per heavy atom. The summed E-state index contributed by atoms with van der Waals surface area (Å²) in [5.74, 6) is 1.53. The minimum atomic E-state index is -0.469.